The number of rotatable bonds is 6. The minimum Gasteiger partial charge on any atom is -0.342 e. The lowest BCUT2D eigenvalue weighted by atomic mass is 10.1. The van der Waals surface area contributed by atoms with Crippen molar-refractivity contribution in [1.82, 2.24) is 29.9 Å². The first-order valence-corrected chi connectivity index (χ1v) is 11.8. The Bertz CT molecular complexity index is 1480. The van der Waals surface area contributed by atoms with Crippen molar-refractivity contribution in [2.75, 3.05) is 20.1 Å². The van der Waals surface area contributed by atoms with Crippen LogP contribution >= 0.6 is 0 Å². The molecule has 5 rings (SSSR count). The molecule has 1 fully saturated rings. The molecule has 4 aromatic rings. The molecule has 1 aliphatic rings. The zero-order valence-electron chi connectivity index (χ0n) is 20.2. The molecular weight excluding hydrogens is 506 g/mol. The molecule has 0 unspecified atom stereocenters. The van der Waals surface area contributed by atoms with Crippen molar-refractivity contribution in [3.8, 4) is 11.5 Å². The van der Waals surface area contributed by atoms with Gasteiger partial charge in [-0.3, -0.25) is 14.8 Å². The topological polar surface area (TPSA) is 101 Å². The van der Waals surface area contributed by atoms with Gasteiger partial charge in [0.05, 0.1) is 29.2 Å². The third kappa shape index (κ3) is 5.57. The first-order valence-electron chi connectivity index (χ1n) is 11.8. The molecule has 0 saturated carbocycles. The Hall–Kier alpha value is -4.13. The van der Waals surface area contributed by atoms with Crippen LogP contribution in [0.4, 0.5) is 23.2 Å². The van der Waals surface area contributed by atoms with Crippen LogP contribution in [0.5, 0.6) is 0 Å². The number of likely N-dealkylation sites (tertiary alicyclic amines) is 1. The summed E-state index contributed by atoms with van der Waals surface area (Å²) in [6.07, 6.45) is -3.91. The van der Waals surface area contributed by atoms with Crippen LogP contribution in [0.2, 0.25) is 0 Å². The fourth-order valence-electron chi connectivity index (χ4n) is 4.29. The van der Waals surface area contributed by atoms with E-state index in [0.29, 0.717) is 29.8 Å². The average molecular weight is 529 g/mol. The number of aromatic nitrogens is 4. The van der Waals surface area contributed by atoms with E-state index in [1.165, 1.54) is 24.4 Å². The zero-order chi connectivity index (χ0) is 26.9. The van der Waals surface area contributed by atoms with E-state index >= 15 is 0 Å². The molecule has 198 valence electrons. The lowest BCUT2D eigenvalue weighted by molar-refractivity contribution is -0.139. The minimum atomic E-state index is -4.54. The summed E-state index contributed by atoms with van der Waals surface area (Å²) >= 11 is 0. The predicted molar refractivity (Wildman–Crippen MR) is 131 cm³/mol. The number of alkyl halides is 4. The number of hydrogen-bond acceptors (Lipinski definition) is 7. The van der Waals surface area contributed by atoms with E-state index in [-0.39, 0.29) is 41.7 Å². The zero-order valence-corrected chi connectivity index (χ0v) is 20.2. The molecule has 3 aromatic heterocycles. The molecule has 0 bridgehead atoms. The van der Waals surface area contributed by atoms with Crippen LogP contribution in [-0.4, -0.2) is 68.7 Å². The number of fused-ring (bicyclic) bond motifs is 1. The largest absolute Gasteiger partial charge is 0.406 e. The first-order chi connectivity index (χ1) is 18.2. The highest BCUT2D eigenvalue weighted by Gasteiger charge is 2.31. The van der Waals surface area contributed by atoms with Crippen molar-refractivity contribution in [2.24, 2.45) is 4.99 Å². The Morgan fingerprint density at radius 1 is 1.24 bits per heavy atom. The standard InChI is InChI=1S/C25H23F4N7O2/c1-35-10-8-18(16(26)13-35)32-17-6-4-7-20-15(17)11-21(36(20)14-25(27,28)29)23-33-22(38-34-23)12-31-24(37)19-5-2-3-9-30-19/h2-7,9,11,16H,8,10,12-14H2,1H3,(H,31,37)/b32-18+/t16-/m0/s1. The van der Waals surface area contributed by atoms with Crippen LogP contribution in [0.25, 0.3) is 22.4 Å². The summed E-state index contributed by atoms with van der Waals surface area (Å²) in [6, 6.07) is 11.1. The maximum absolute atomic E-state index is 14.6. The molecule has 1 amide bonds. The van der Waals surface area contributed by atoms with Gasteiger partial charge in [-0.05, 0) is 37.4 Å². The Morgan fingerprint density at radius 3 is 2.82 bits per heavy atom. The van der Waals surface area contributed by atoms with Gasteiger partial charge in [0, 0.05) is 31.1 Å². The average Bonchev–Trinajstić information content (AvgIpc) is 3.49. The first kappa shape index (κ1) is 25.5. The molecule has 1 saturated heterocycles. The molecule has 4 heterocycles. The molecule has 0 spiro atoms. The summed E-state index contributed by atoms with van der Waals surface area (Å²) in [5, 5.41) is 6.83. The molecular formula is C25H23F4N7O2. The number of benzene rings is 1. The summed E-state index contributed by atoms with van der Waals surface area (Å²) < 4.78 is 61.5. The third-order valence-electron chi connectivity index (χ3n) is 6.10. The maximum atomic E-state index is 14.6. The number of halogens is 4. The van der Waals surface area contributed by atoms with E-state index in [9.17, 15) is 22.4 Å². The fraction of sp³-hybridized carbons (Fsp3) is 0.320. The summed E-state index contributed by atoms with van der Waals surface area (Å²) in [7, 11) is 1.82. The number of carbonyl (C=O) groups is 1. The van der Waals surface area contributed by atoms with Crippen LogP contribution in [0.1, 0.15) is 22.8 Å². The van der Waals surface area contributed by atoms with Gasteiger partial charge in [-0.2, -0.15) is 18.2 Å². The second-order valence-electron chi connectivity index (χ2n) is 8.93. The van der Waals surface area contributed by atoms with Gasteiger partial charge in [0.25, 0.3) is 5.91 Å². The predicted octanol–water partition coefficient (Wildman–Crippen LogP) is 4.32. The van der Waals surface area contributed by atoms with Gasteiger partial charge in [0.2, 0.25) is 11.7 Å². The minimum absolute atomic E-state index is 0.000147. The number of pyridine rings is 1. The summed E-state index contributed by atoms with van der Waals surface area (Å²) in [5.74, 6) is -0.561. The van der Waals surface area contributed by atoms with Crippen molar-refractivity contribution < 1.29 is 26.9 Å². The van der Waals surface area contributed by atoms with Crippen molar-refractivity contribution in [2.45, 2.75) is 31.9 Å². The lowest BCUT2D eigenvalue weighted by Crippen LogP contribution is -2.39. The van der Waals surface area contributed by atoms with E-state index in [1.807, 2.05) is 11.9 Å². The number of nitrogens with one attached hydrogen (secondary N) is 1. The van der Waals surface area contributed by atoms with Gasteiger partial charge in [0.15, 0.2) is 6.17 Å². The number of amides is 1. The van der Waals surface area contributed by atoms with Crippen LogP contribution in [-0.2, 0) is 13.1 Å². The van der Waals surface area contributed by atoms with E-state index in [4.69, 9.17) is 4.52 Å². The molecule has 1 aromatic carbocycles. The number of carbonyl (C=O) groups excluding carboxylic acids is 1. The van der Waals surface area contributed by atoms with Crippen LogP contribution in [0.15, 0.2) is 58.2 Å². The number of aliphatic imine (C=N–C) groups is 1. The molecule has 13 heteroatoms. The van der Waals surface area contributed by atoms with Gasteiger partial charge in [-0.25, -0.2) is 4.39 Å². The van der Waals surface area contributed by atoms with Crippen LogP contribution in [0.3, 0.4) is 0 Å². The Morgan fingerprint density at radius 2 is 2.08 bits per heavy atom. The highest BCUT2D eigenvalue weighted by molar-refractivity contribution is 5.99. The van der Waals surface area contributed by atoms with Gasteiger partial charge >= 0.3 is 6.18 Å². The van der Waals surface area contributed by atoms with Crippen LogP contribution in [0, 0.1) is 0 Å². The second kappa shape index (κ2) is 10.3. The molecule has 9 nitrogen and oxygen atoms in total. The van der Waals surface area contributed by atoms with Crippen LogP contribution < -0.4 is 5.32 Å². The summed E-state index contributed by atoms with van der Waals surface area (Å²) in [6.45, 7) is -0.606. The number of hydrogen-bond donors (Lipinski definition) is 1. The molecule has 1 aliphatic heterocycles. The highest BCUT2D eigenvalue weighted by atomic mass is 19.4. The van der Waals surface area contributed by atoms with Gasteiger partial charge in [-0.15, -0.1) is 0 Å². The Balaban J connectivity index is 1.48. The second-order valence-corrected chi connectivity index (χ2v) is 8.93. The van der Waals surface area contributed by atoms with Crippen molar-refractivity contribution in [1.29, 1.82) is 0 Å². The molecule has 0 radical (unpaired) electrons. The van der Waals surface area contributed by atoms with E-state index < -0.39 is 24.8 Å². The normalized spacial score (nSPS) is 17.8. The monoisotopic (exact) mass is 529 g/mol. The Kier molecular flexibility index (Phi) is 6.93. The van der Waals surface area contributed by atoms with Crippen molar-refractivity contribution >= 4 is 28.2 Å². The van der Waals surface area contributed by atoms with Gasteiger partial charge < -0.3 is 19.3 Å². The summed E-state index contributed by atoms with van der Waals surface area (Å²) in [5.41, 5.74) is 1.20. The molecule has 1 atom stereocenters. The highest BCUT2D eigenvalue weighted by Crippen LogP contribution is 2.35. The molecule has 0 aliphatic carbocycles. The SMILES string of the molecule is CN1CC/C(=N\c2cccc3c2cc(-c2noc(CNC(=O)c4ccccn4)n2)n3CC(F)(F)F)[C@@H](F)C1. The summed E-state index contributed by atoms with van der Waals surface area (Å²) in [4.78, 5) is 26.7. The quantitative estimate of drug-likeness (QED) is 0.374. The lowest BCUT2D eigenvalue weighted by Gasteiger charge is -2.26. The van der Waals surface area contributed by atoms with E-state index in [2.05, 4.69) is 25.4 Å². The van der Waals surface area contributed by atoms with Crippen molar-refractivity contribution in [3.05, 3.63) is 60.2 Å². The fourth-order valence-corrected chi connectivity index (χ4v) is 4.29. The van der Waals surface area contributed by atoms with Crippen molar-refractivity contribution in [3.63, 3.8) is 0 Å². The molecule has 38 heavy (non-hydrogen) atoms. The third-order valence-corrected chi connectivity index (χ3v) is 6.10. The van der Waals surface area contributed by atoms with E-state index in [0.717, 1.165) is 4.57 Å². The van der Waals surface area contributed by atoms with Gasteiger partial charge in [-0.1, -0.05) is 17.3 Å². The number of nitrogens with zero attached hydrogens (tertiary/aromatic N) is 6. The smallest absolute Gasteiger partial charge is 0.342 e. The molecule has 1 N–H and O–H groups in total. The number of piperidine rings is 1. The Labute approximate surface area is 214 Å². The van der Waals surface area contributed by atoms with Gasteiger partial charge in [0.1, 0.15) is 12.2 Å². The van der Waals surface area contributed by atoms with E-state index in [1.54, 1.807) is 24.3 Å². The maximum Gasteiger partial charge on any atom is 0.406 e.